The lowest BCUT2D eigenvalue weighted by Gasteiger charge is -2.37. The molecule has 4 heterocycles. The van der Waals surface area contributed by atoms with Gasteiger partial charge in [-0.1, -0.05) is 0 Å². The van der Waals surface area contributed by atoms with E-state index in [1.165, 1.54) is 6.26 Å². The van der Waals surface area contributed by atoms with E-state index < -0.39 is 24.0 Å². The van der Waals surface area contributed by atoms with Gasteiger partial charge in [-0.05, 0) is 39.8 Å². The summed E-state index contributed by atoms with van der Waals surface area (Å²) in [5, 5.41) is 2.81. The van der Waals surface area contributed by atoms with Crippen LogP contribution >= 0.6 is 0 Å². The van der Waals surface area contributed by atoms with E-state index in [0.29, 0.717) is 0 Å². The van der Waals surface area contributed by atoms with Crippen LogP contribution in [0.2, 0.25) is 0 Å². The van der Waals surface area contributed by atoms with Gasteiger partial charge in [-0.3, -0.25) is 4.79 Å². The summed E-state index contributed by atoms with van der Waals surface area (Å²) in [7, 11) is 0. The molecular weight excluding hydrogens is 330 g/mol. The van der Waals surface area contributed by atoms with Crippen molar-refractivity contribution in [3.05, 3.63) is 24.2 Å². The third-order valence-corrected chi connectivity index (χ3v) is 4.46. The Morgan fingerprint density at radius 1 is 1.04 bits per heavy atom. The van der Waals surface area contributed by atoms with Crippen molar-refractivity contribution < 1.29 is 32.9 Å². The zero-order valence-corrected chi connectivity index (χ0v) is 14.7. The second-order valence-corrected chi connectivity index (χ2v) is 7.40. The van der Waals surface area contributed by atoms with Crippen molar-refractivity contribution in [1.82, 2.24) is 5.32 Å². The van der Waals surface area contributed by atoms with E-state index in [1.54, 1.807) is 12.1 Å². The summed E-state index contributed by atoms with van der Waals surface area (Å²) in [6.45, 7) is 7.60. The van der Waals surface area contributed by atoms with E-state index in [9.17, 15) is 4.79 Å². The van der Waals surface area contributed by atoms with Crippen molar-refractivity contribution in [3.8, 4) is 0 Å². The van der Waals surface area contributed by atoms with E-state index in [4.69, 9.17) is 28.1 Å². The number of carbonyl (C=O) groups is 1. The lowest BCUT2D eigenvalue weighted by molar-refractivity contribution is -0.232. The first-order valence-electron chi connectivity index (χ1n) is 8.43. The Morgan fingerprint density at radius 3 is 2.44 bits per heavy atom. The standard InChI is InChI=1S/C17H23NO7/c1-16(2)22-11-10(8-18-14(19)9-6-5-7-20-9)21-15-13(12(11)23-16)24-17(3,4)25-15/h5-7,10-13,15H,8H2,1-4H3,(H,18,19)/t10-,11-,12-,13-,15-/m1/s1. The topological polar surface area (TPSA) is 88.4 Å². The van der Waals surface area contributed by atoms with Crippen LogP contribution in [-0.2, 0) is 23.7 Å². The molecule has 3 aliphatic heterocycles. The molecule has 0 aliphatic carbocycles. The number of ether oxygens (including phenoxy) is 5. The molecule has 8 heteroatoms. The highest BCUT2D eigenvalue weighted by atomic mass is 16.9. The van der Waals surface area contributed by atoms with Crippen LogP contribution in [-0.4, -0.2) is 54.7 Å². The summed E-state index contributed by atoms with van der Waals surface area (Å²) < 4.78 is 34.9. The summed E-state index contributed by atoms with van der Waals surface area (Å²) in [6, 6.07) is 3.26. The Hall–Kier alpha value is -1.45. The molecule has 1 N–H and O–H groups in total. The number of rotatable bonds is 3. The van der Waals surface area contributed by atoms with Crippen LogP contribution in [0.4, 0.5) is 0 Å². The van der Waals surface area contributed by atoms with Gasteiger partial charge in [0.05, 0.1) is 6.26 Å². The summed E-state index contributed by atoms with van der Waals surface area (Å²) in [6.07, 6.45) is -0.622. The van der Waals surface area contributed by atoms with E-state index >= 15 is 0 Å². The highest BCUT2D eigenvalue weighted by molar-refractivity contribution is 5.91. The number of nitrogens with one attached hydrogen (secondary N) is 1. The molecule has 1 amide bonds. The third-order valence-electron chi connectivity index (χ3n) is 4.46. The average Bonchev–Trinajstić information content (AvgIpc) is 3.19. The Kier molecular flexibility index (Phi) is 3.93. The van der Waals surface area contributed by atoms with Gasteiger partial charge < -0.3 is 33.4 Å². The molecule has 0 radical (unpaired) electrons. The maximum absolute atomic E-state index is 12.1. The van der Waals surface area contributed by atoms with E-state index in [2.05, 4.69) is 5.32 Å². The van der Waals surface area contributed by atoms with Crippen molar-refractivity contribution in [2.24, 2.45) is 0 Å². The molecular formula is C17H23NO7. The van der Waals surface area contributed by atoms with Crippen molar-refractivity contribution in [2.45, 2.75) is 70.0 Å². The minimum absolute atomic E-state index is 0.243. The molecule has 0 saturated carbocycles. The first-order valence-corrected chi connectivity index (χ1v) is 8.43. The number of fused-ring (bicyclic) bond motifs is 3. The van der Waals surface area contributed by atoms with Gasteiger partial charge in [-0.2, -0.15) is 0 Å². The third kappa shape index (κ3) is 3.20. The molecule has 0 bridgehead atoms. The average molecular weight is 353 g/mol. The van der Waals surface area contributed by atoms with Crippen molar-refractivity contribution >= 4 is 5.91 Å². The van der Waals surface area contributed by atoms with Crippen LogP contribution < -0.4 is 5.32 Å². The maximum atomic E-state index is 12.1. The summed E-state index contributed by atoms with van der Waals surface area (Å²) in [5.41, 5.74) is 0. The molecule has 138 valence electrons. The predicted molar refractivity (Wildman–Crippen MR) is 83.6 cm³/mol. The van der Waals surface area contributed by atoms with Crippen LogP contribution in [0.25, 0.3) is 0 Å². The fraction of sp³-hybridized carbons (Fsp3) is 0.706. The summed E-state index contributed by atoms with van der Waals surface area (Å²) in [4.78, 5) is 12.1. The highest BCUT2D eigenvalue weighted by Gasteiger charge is 2.60. The van der Waals surface area contributed by atoms with Gasteiger partial charge in [0.25, 0.3) is 5.91 Å². The SMILES string of the molecule is CC1(C)O[C@H]2O[C@H](CNC(=O)c3ccco3)[C@H]3OC(C)(C)O[C@H]3[C@H]2O1. The van der Waals surface area contributed by atoms with Crippen LogP contribution in [0, 0.1) is 0 Å². The first kappa shape index (κ1) is 17.0. The number of amides is 1. The largest absolute Gasteiger partial charge is 0.459 e. The monoisotopic (exact) mass is 353 g/mol. The van der Waals surface area contributed by atoms with Gasteiger partial charge in [0.15, 0.2) is 23.6 Å². The van der Waals surface area contributed by atoms with Gasteiger partial charge >= 0.3 is 0 Å². The Bertz CT molecular complexity index is 641. The number of furan rings is 1. The molecule has 5 atom stereocenters. The Labute approximate surface area is 145 Å². The zero-order chi connectivity index (χ0) is 17.8. The number of carbonyl (C=O) groups excluding carboxylic acids is 1. The molecule has 3 aliphatic rings. The van der Waals surface area contributed by atoms with Gasteiger partial charge in [0.1, 0.15) is 24.4 Å². The Balaban J connectivity index is 1.49. The molecule has 3 fully saturated rings. The van der Waals surface area contributed by atoms with Crippen molar-refractivity contribution in [3.63, 3.8) is 0 Å². The van der Waals surface area contributed by atoms with Crippen LogP contribution in [0.1, 0.15) is 38.2 Å². The minimum Gasteiger partial charge on any atom is -0.459 e. The first-order chi connectivity index (χ1) is 11.7. The van der Waals surface area contributed by atoms with E-state index in [0.717, 1.165) is 0 Å². The second kappa shape index (κ2) is 5.78. The minimum atomic E-state index is -0.762. The smallest absolute Gasteiger partial charge is 0.287 e. The molecule has 0 aromatic carbocycles. The lowest BCUT2D eigenvalue weighted by atomic mass is 9.99. The quantitative estimate of drug-likeness (QED) is 0.879. The molecule has 1 aromatic rings. The summed E-state index contributed by atoms with van der Waals surface area (Å²) in [5.74, 6) is -1.58. The highest BCUT2D eigenvalue weighted by Crippen LogP contribution is 2.43. The fourth-order valence-electron chi connectivity index (χ4n) is 3.55. The molecule has 25 heavy (non-hydrogen) atoms. The molecule has 1 aromatic heterocycles. The second-order valence-electron chi connectivity index (χ2n) is 7.40. The number of hydrogen-bond donors (Lipinski definition) is 1. The van der Waals surface area contributed by atoms with Gasteiger partial charge in [0.2, 0.25) is 0 Å². The van der Waals surface area contributed by atoms with Gasteiger partial charge in [0, 0.05) is 6.54 Å². The molecule has 3 saturated heterocycles. The zero-order valence-electron chi connectivity index (χ0n) is 14.7. The molecule has 0 unspecified atom stereocenters. The fourth-order valence-corrected chi connectivity index (χ4v) is 3.55. The number of hydrogen-bond acceptors (Lipinski definition) is 7. The molecule has 8 nitrogen and oxygen atoms in total. The van der Waals surface area contributed by atoms with Crippen LogP contribution in [0.15, 0.2) is 22.8 Å². The van der Waals surface area contributed by atoms with E-state index in [1.807, 2.05) is 27.7 Å². The van der Waals surface area contributed by atoms with Crippen LogP contribution in [0.3, 0.4) is 0 Å². The van der Waals surface area contributed by atoms with Crippen molar-refractivity contribution in [1.29, 1.82) is 0 Å². The van der Waals surface area contributed by atoms with Crippen molar-refractivity contribution in [2.75, 3.05) is 6.54 Å². The Morgan fingerprint density at radius 2 is 1.72 bits per heavy atom. The van der Waals surface area contributed by atoms with Gasteiger partial charge in [-0.25, -0.2) is 0 Å². The van der Waals surface area contributed by atoms with E-state index in [-0.39, 0.29) is 36.5 Å². The normalized spacial score (nSPS) is 38.2. The van der Waals surface area contributed by atoms with Crippen LogP contribution in [0.5, 0.6) is 0 Å². The predicted octanol–water partition coefficient (Wildman–Crippen LogP) is 1.41. The maximum Gasteiger partial charge on any atom is 0.287 e. The summed E-state index contributed by atoms with van der Waals surface area (Å²) >= 11 is 0. The molecule has 0 spiro atoms. The van der Waals surface area contributed by atoms with Gasteiger partial charge in [-0.15, -0.1) is 0 Å². The lowest BCUT2D eigenvalue weighted by Crippen LogP contribution is -2.57. The molecule has 4 rings (SSSR count).